The van der Waals surface area contributed by atoms with Crippen molar-refractivity contribution in [3.05, 3.63) is 35.3 Å². The lowest BCUT2D eigenvalue weighted by Crippen LogP contribution is -2.11. The summed E-state index contributed by atoms with van der Waals surface area (Å²) in [5, 5.41) is 7.36. The van der Waals surface area contributed by atoms with Gasteiger partial charge in [-0.15, -0.1) is 5.10 Å². The lowest BCUT2D eigenvalue weighted by Gasteiger charge is -2.13. The third kappa shape index (κ3) is 2.45. The quantitative estimate of drug-likeness (QED) is 0.864. The van der Waals surface area contributed by atoms with E-state index in [2.05, 4.69) is 10.3 Å². The molecule has 0 fully saturated rings. The third-order valence-corrected chi connectivity index (χ3v) is 2.78. The normalized spacial score (nSPS) is 12.2. The molecular formula is C12H12F4N4. The van der Waals surface area contributed by atoms with Crippen molar-refractivity contribution >= 4 is 5.82 Å². The Morgan fingerprint density at radius 3 is 2.45 bits per heavy atom. The Balaban J connectivity index is 2.60. The van der Waals surface area contributed by atoms with Crippen LogP contribution in [-0.4, -0.2) is 15.0 Å². The number of benzene rings is 1. The SMILES string of the molecule is CC(C)c1c(N)nnn1-c1ccc(F)c(C(F)(F)F)c1. The maximum Gasteiger partial charge on any atom is 0.419 e. The van der Waals surface area contributed by atoms with Gasteiger partial charge in [0, 0.05) is 0 Å². The summed E-state index contributed by atoms with van der Waals surface area (Å²) in [5.41, 5.74) is 4.83. The van der Waals surface area contributed by atoms with E-state index < -0.39 is 17.6 Å². The molecule has 0 bridgehead atoms. The first-order valence-electron chi connectivity index (χ1n) is 5.80. The van der Waals surface area contributed by atoms with E-state index in [-0.39, 0.29) is 17.4 Å². The topological polar surface area (TPSA) is 56.7 Å². The molecule has 2 aromatic rings. The minimum absolute atomic E-state index is 0.0617. The fourth-order valence-electron chi connectivity index (χ4n) is 1.89. The molecule has 0 atom stereocenters. The summed E-state index contributed by atoms with van der Waals surface area (Å²) in [5.74, 6) is -1.29. The van der Waals surface area contributed by atoms with Crippen LogP contribution in [0.1, 0.15) is 31.0 Å². The van der Waals surface area contributed by atoms with Gasteiger partial charge in [-0.3, -0.25) is 0 Å². The summed E-state index contributed by atoms with van der Waals surface area (Å²) in [6.45, 7) is 3.61. The Morgan fingerprint density at radius 2 is 1.90 bits per heavy atom. The van der Waals surface area contributed by atoms with Crippen molar-refractivity contribution in [3.63, 3.8) is 0 Å². The molecule has 0 spiro atoms. The largest absolute Gasteiger partial charge is 0.419 e. The smallest absolute Gasteiger partial charge is 0.381 e. The van der Waals surface area contributed by atoms with Gasteiger partial charge in [-0.2, -0.15) is 13.2 Å². The van der Waals surface area contributed by atoms with Crippen molar-refractivity contribution in [3.8, 4) is 5.69 Å². The molecule has 0 unspecified atom stereocenters. The summed E-state index contributed by atoms with van der Waals surface area (Å²) in [4.78, 5) is 0. The molecule has 4 nitrogen and oxygen atoms in total. The van der Waals surface area contributed by atoms with Crippen LogP contribution in [-0.2, 0) is 6.18 Å². The number of nitrogens with zero attached hydrogens (tertiary/aromatic N) is 3. The van der Waals surface area contributed by atoms with Gasteiger partial charge in [-0.1, -0.05) is 19.1 Å². The van der Waals surface area contributed by atoms with E-state index in [0.717, 1.165) is 6.07 Å². The molecule has 2 rings (SSSR count). The van der Waals surface area contributed by atoms with Crippen LogP contribution in [0.2, 0.25) is 0 Å². The first kappa shape index (κ1) is 14.3. The van der Waals surface area contributed by atoms with Crippen LogP contribution >= 0.6 is 0 Å². The van der Waals surface area contributed by atoms with Gasteiger partial charge in [-0.25, -0.2) is 9.07 Å². The van der Waals surface area contributed by atoms with Gasteiger partial charge < -0.3 is 5.73 Å². The van der Waals surface area contributed by atoms with E-state index in [1.807, 2.05) is 0 Å². The van der Waals surface area contributed by atoms with Crippen molar-refractivity contribution in [2.75, 3.05) is 5.73 Å². The molecule has 1 aromatic heterocycles. The molecule has 0 aliphatic rings. The first-order valence-corrected chi connectivity index (χ1v) is 5.80. The summed E-state index contributed by atoms with van der Waals surface area (Å²) in [6, 6.07) is 2.64. The summed E-state index contributed by atoms with van der Waals surface area (Å²) >= 11 is 0. The lowest BCUT2D eigenvalue weighted by atomic mass is 10.1. The number of aromatic nitrogens is 3. The highest BCUT2D eigenvalue weighted by molar-refractivity contribution is 5.44. The molecular weight excluding hydrogens is 276 g/mol. The molecule has 8 heteroatoms. The molecule has 20 heavy (non-hydrogen) atoms. The predicted octanol–water partition coefficient (Wildman–Crippen LogP) is 3.13. The molecule has 1 heterocycles. The van der Waals surface area contributed by atoms with Crippen molar-refractivity contribution in [1.29, 1.82) is 0 Å². The van der Waals surface area contributed by atoms with Crippen LogP contribution in [0, 0.1) is 5.82 Å². The second-order valence-corrected chi connectivity index (χ2v) is 4.59. The van der Waals surface area contributed by atoms with Crippen LogP contribution in [0.5, 0.6) is 0 Å². The van der Waals surface area contributed by atoms with Crippen molar-refractivity contribution in [1.82, 2.24) is 15.0 Å². The number of alkyl halides is 3. The van der Waals surface area contributed by atoms with Gasteiger partial charge in [-0.05, 0) is 24.1 Å². The number of nitrogens with two attached hydrogens (primary N) is 1. The Labute approximate surface area is 112 Å². The Morgan fingerprint density at radius 1 is 1.25 bits per heavy atom. The van der Waals surface area contributed by atoms with E-state index >= 15 is 0 Å². The molecule has 0 aliphatic heterocycles. The van der Waals surface area contributed by atoms with Crippen LogP contribution in [0.4, 0.5) is 23.4 Å². The van der Waals surface area contributed by atoms with Gasteiger partial charge in [0.1, 0.15) is 5.82 Å². The van der Waals surface area contributed by atoms with Crippen molar-refractivity contribution in [2.24, 2.45) is 0 Å². The van der Waals surface area contributed by atoms with E-state index in [1.165, 1.54) is 10.7 Å². The van der Waals surface area contributed by atoms with Crippen molar-refractivity contribution in [2.45, 2.75) is 25.9 Å². The zero-order valence-electron chi connectivity index (χ0n) is 10.7. The maximum absolute atomic E-state index is 13.3. The van der Waals surface area contributed by atoms with E-state index in [4.69, 9.17) is 5.73 Å². The standard InChI is InChI=1S/C12H12F4N4/c1-6(2)10-11(17)18-19-20(10)7-3-4-9(13)8(5-7)12(14,15)16/h3-6H,17H2,1-2H3. The summed E-state index contributed by atoms with van der Waals surface area (Å²) in [7, 11) is 0. The minimum atomic E-state index is -4.77. The minimum Gasteiger partial charge on any atom is -0.381 e. The molecule has 2 N–H and O–H groups in total. The number of halogens is 4. The Bertz CT molecular complexity index is 631. The maximum atomic E-state index is 13.3. The van der Waals surface area contributed by atoms with Crippen LogP contribution in [0.25, 0.3) is 5.69 Å². The Hall–Kier alpha value is -2.12. The van der Waals surface area contributed by atoms with E-state index in [9.17, 15) is 17.6 Å². The highest BCUT2D eigenvalue weighted by Gasteiger charge is 2.34. The van der Waals surface area contributed by atoms with E-state index in [1.54, 1.807) is 13.8 Å². The number of anilines is 1. The van der Waals surface area contributed by atoms with Crippen LogP contribution in [0.15, 0.2) is 18.2 Å². The number of hydrogen-bond donors (Lipinski definition) is 1. The van der Waals surface area contributed by atoms with Crippen LogP contribution < -0.4 is 5.73 Å². The zero-order chi connectivity index (χ0) is 15.1. The Kier molecular flexibility index (Phi) is 3.41. The summed E-state index contributed by atoms with van der Waals surface area (Å²) < 4.78 is 52.5. The number of hydrogen-bond acceptors (Lipinski definition) is 3. The fraction of sp³-hybridized carbons (Fsp3) is 0.333. The van der Waals surface area contributed by atoms with Gasteiger partial charge >= 0.3 is 6.18 Å². The van der Waals surface area contributed by atoms with Gasteiger partial charge in [0.25, 0.3) is 0 Å². The van der Waals surface area contributed by atoms with Crippen LogP contribution in [0.3, 0.4) is 0 Å². The summed E-state index contributed by atoms with van der Waals surface area (Å²) in [6.07, 6.45) is -4.77. The second kappa shape index (κ2) is 4.77. The molecule has 108 valence electrons. The molecule has 0 saturated carbocycles. The fourth-order valence-corrected chi connectivity index (χ4v) is 1.89. The average Bonchev–Trinajstić information content (AvgIpc) is 2.70. The predicted molar refractivity (Wildman–Crippen MR) is 64.8 cm³/mol. The second-order valence-electron chi connectivity index (χ2n) is 4.59. The van der Waals surface area contributed by atoms with Gasteiger partial charge in [0.15, 0.2) is 5.82 Å². The lowest BCUT2D eigenvalue weighted by molar-refractivity contribution is -0.140. The first-order chi connectivity index (χ1) is 9.21. The molecule has 1 aromatic carbocycles. The number of rotatable bonds is 2. The number of nitrogen functional groups attached to an aromatic ring is 1. The van der Waals surface area contributed by atoms with Crippen molar-refractivity contribution < 1.29 is 17.6 Å². The molecule has 0 saturated heterocycles. The molecule has 0 aliphatic carbocycles. The zero-order valence-corrected chi connectivity index (χ0v) is 10.7. The van der Waals surface area contributed by atoms with E-state index in [0.29, 0.717) is 11.8 Å². The molecule has 0 amide bonds. The third-order valence-electron chi connectivity index (χ3n) is 2.78. The average molecular weight is 288 g/mol. The highest BCUT2D eigenvalue weighted by Crippen LogP contribution is 2.33. The van der Waals surface area contributed by atoms with Gasteiger partial charge in [0.2, 0.25) is 0 Å². The monoisotopic (exact) mass is 288 g/mol. The van der Waals surface area contributed by atoms with Gasteiger partial charge in [0.05, 0.1) is 16.9 Å². The highest BCUT2D eigenvalue weighted by atomic mass is 19.4. The molecule has 0 radical (unpaired) electrons.